The van der Waals surface area contributed by atoms with Gasteiger partial charge in [-0.25, -0.2) is 4.98 Å². The molecule has 4 nitrogen and oxygen atoms in total. The summed E-state index contributed by atoms with van der Waals surface area (Å²) in [4.78, 5) is 6.68. The van der Waals surface area contributed by atoms with E-state index in [9.17, 15) is 0 Å². The van der Waals surface area contributed by atoms with E-state index in [1.165, 1.54) is 12.1 Å². The molecule has 2 fully saturated rings. The number of hydrogen-bond donors (Lipinski definition) is 1. The number of piperazine rings is 1. The lowest BCUT2D eigenvalue weighted by Gasteiger charge is -2.29. The number of aromatic nitrogens is 1. The van der Waals surface area contributed by atoms with Crippen LogP contribution in [0.15, 0.2) is 18.3 Å². The van der Waals surface area contributed by atoms with Crippen LogP contribution in [0, 0.1) is 0 Å². The number of anilines is 1. The van der Waals surface area contributed by atoms with E-state index < -0.39 is 0 Å². The van der Waals surface area contributed by atoms with Gasteiger partial charge in [0.1, 0.15) is 0 Å². The molecule has 2 aliphatic rings. The molecule has 0 radical (unpaired) electrons. The van der Waals surface area contributed by atoms with Gasteiger partial charge in [0.2, 0.25) is 5.88 Å². The Morgan fingerprint density at radius 1 is 1.53 bits per heavy atom. The van der Waals surface area contributed by atoms with Crippen molar-refractivity contribution >= 4 is 5.69 Å². The molecule has 80 valence electrons. The summed E-state index contributed by atoms with van der Waals surface area (Å²) in [5.41, 5.74) is 1.21. The van der Waals surface area contributed by atoms with Gasteiger partial charge in [0.05, 0.1) is 19.0 Å². The summed E-state index contributed by atoms with van der Waals surface area (Å²) in [6, 6.07) is 5.35. The van der Waals surface area contributed by atoms with Gasteiger partial charge in [0, 0.05) is 31.2 Å². The zero-order valence-electron chi connectivity index (χ0n) is 8.81. The van der Waals surface area contributed by atoms with Gasteiger partial charge in [-0.1, -0.05) is 0 Å². The second-order valence-electron chi connectivity index (χ2n) is 4.21. The molecule has 3 rings (SSSR count). The van der Waals surface area contributed by atoms with Crippen LogP contribution in [-0.2, 0) is 0 Å². The molecule has 0 unspecified atom stereocenters. The number of hydrogen-bond acceptors (Lipinski definition) is 4. The molecule has 1 N–H and O–H groups in total. The van der Waals surface area contributed by atoms with Gasteiger partial charge in [0.25, 0.3) is 0 Å². The molecule has 0 aromatic carbocycles. The Morgan fingerprint density at radius 2 is 2.47 bits per heavy atom. The maximum atomic E-state index is 5.05. The Labute approximate surface area is 89.3 Å². The average molecular weight is 205 g/mol. The van der Waals surface area contributed by atoms with Crippen molar-refractivity contribution in [2.45, 2.75) is 18.5 Å². The van der Waals surface area contributed by atoms with E-state index in [2.05, 4.69) is 21.3 Å². The number of methoxy groups -OCH3 is 1. The Kier molecular flexibility index (Phi) is 2.02. The highest BCUT2D eigenvalue weighted by Gasteiger charge is 2.37. The predicted molar refractivity (Wildman–Crippen MR) is 58.3 cm³/mol. The predicted octanol–water partition coefficient (Wildman–Crippen LogP) is 0.641. The number of nitrogens with one attached hydrogen (secondary N) is 1. The molecule has 0 amide bonds. The molecule has 2 atom stereocenters. The maximum absolute atomic E-state index is 5.05. The van der Waals surface area contributed by atoms with Crippen molar-refractivity contribution in [3.63, 3.8) is 0 Å². The van der Waals surface area contributed by atoms with Gasteiger partial charge in [-0.2, -0.15) is 0 Å². The smallest absolute Gasteiger partial charge is 0.213 e. The molecule has 15 heavy (non-hydrogen) atoms. The van der Waals surface area contributed by atoms with Gasteiger partial charge in [-0.05, 0) is 12.5 Å². The van der Waals surface area contributed by atoms with Gasteiger partial charge in [-0.3, -0.25) is 0 Å². The normalized spacial score (nSPS) is 28.5. The third kappa shape index (κ3) is 1.45. The highest BCUT2D eigenvalue weighted by molar-refractivity contribution is 5.49. The van der Waals surface area contributed by atoms with E-state index in [1.54, 1.807) is 7.11 Å². The van der Waals surface area contributed by atoms with Crippen molar-refractivity contribution in [3.05, 3.63) is 18.3 Å². The minimum absolute atomic E-state index is 0.658. The van der Waals surface area contributed by atoms with E-state index in [-0.39, 0.29) is 0 Å². The van der Waals surface area contributed by atoms with Crippen LogP contribution in [0.5, 0.6) is 5.88 Å². The fraction of sp³-hybridized carbons (Fsp3) is 0.545. The van der Waals surface area contributed by atoms with Crippen molar-refractivity contribution in [3.8, 4) is 5.88 Å². The van der Waals surface area contributed by atoms with Crippen LogP contribution in [0.3, 0.4) is 0 Å². The average Bonchev–Trinajstić information content (AvgIpc) is 2.91. The van der Waals surface area contributed by atoms with Crippen LogP contribution < -0.4 is 15.0 Å². The molecular weight excluding hydrogens is 190 g/mol. The summed E-state index contributed by atoms with van der Waals surface area (Å²) in [5, 5.41) is 3.49. The zero-order chi connectivity index (χ0) is 10.3. The van der Waals surface area contributed by atoms with Gasteiger partial charge < -0.3 is 15.0 Å². The quantitative estimate of drug-likeness (QED) is 0.769. The summed E-state index contributed by atoms with van der Waals surface area (Å²) >= 11 is 0. The van der Waals surface area contributed by atoms with Crippen LogP contribution in [0.1, 0.15) is 6.42 Å². The molecule has 2 saturated heterocycles. The Bertz CT molecular complexity index is 351. The lowest BCUT2D eigenvalue weighted by Crippen LogP contribution is -2.43. The SMILES string of the molecule is COc1ccc(N2C[C@@H]3C[C@H]2CN3)cn1. The topological polar surface area (TPSA) is 37.4 Å². The molecule has 0 spiro atoms. The van der Waals surface area contributed by atoms with Crippen molar-refractivity contribution in [2.75, 3.05) is 25.1 Å². The van der Waals surface area contributed by atoms with E-state index in [4.69, 9.17) is 4.74 Å². The largest absolute Gasteiger partial charge is 0.481 e. The summed E-state index contributed by atoms with van der Waals surface area (Å²) in [6.07, 6.45) is 3.17. The van der Waals surface area contributed by atoms with Gasteiger partial charge in [-0.15, -0.1) is 0 Å². The zero-order valence-corrected chi connectivity index (χ0v) is 8.81. The molecule has 0 saturated carbocycles. The number of rotatable bonds is 2. The highest BCUT2D eigenvalue weighted by Crippen LogP contribution is 2.29. The fourth-order valence-electron chi connectivity index (χ4n) is 2.54. The van der Waals surface area contributed by atoms with E-state index in [1.807, 2.05) is 12.3 Å². The molecule has 2 aliphatic heterocycles. The van der Waals surface area contributed by atoms with Crippen molar-refractivity contribution in [1.82, 2.24) is 10.3 Å². The number of fused-ring (bicyclic) bond motifs is 2. The fourth-order valence-corrected chi connectivity index (χ4v) is 2.54. The Hall–Kier alpha value is -1.29. The first-order chi connectivity index (χ1) is 7.36. The Balaban J connectivity index is 1.81. The summed E-state index contributed by atoms with van der Waals surface area (Å²) < 4.78 is 5.05. The van der Waals surface area contributed by atoms with Crippen LogP contribution in [0.25, 0.3) is 0 Å². The van der Waals surface area contributed by atoms with Crippen LogP contribution >= 0.6 is 0 Å². The summed E-state index contributed by atoms with van der Waals surface area (Å²) in [5.74, 6) is 0.682. The third-order valence-corrected chi connectivity index (χ3v) is 3.32. The van der Waals surface area contributed by atoms with Crippen LogP contribution in [0.2, 0.25) is 0 Å². The van der Waals surface area contributed by atoms with Crippen molar-refractivity contribution in [1.29, 1.82) is 0 Å². The lowest BCUT2D eigenvalue weighted by atomic mass is 10.2. The second-order valence-corrected chi connectivity index (χ2v) is 4.21. The molecule has 2 bridgehead atoms. The molecule has 3 heterocycles. The standard InChI is InChI=1S/C11H15N3O/c1-15-11-3-2-9(5-13-11)14-7-8-4-10(14)6-12-8/h2-3,5,8,10,12H,4,6-7H2,1H3/t8-,10-/m0/s1. The monoisotopic (exact) mass is 205 g/mol. The lowest BCUT2D eigenvalue weighted by molar-refractivity contribution is 0.398. The summed E-state index contributed by atoms with van der Waals surface area (Å²) in [7, 11) is 1.64. The van der Waals surface area contributed by atoms with Crippen LogP contribution in [0.4, 0.5) is 5.69 Å². The minimum atomic E-state index is 0.658. The van der Waals surface area contributed by atoms with Crippen molar-refractivity contribution in [2.24, 2.45) is 0 Å². The number of nitrogens with zero attached hydrogens (tertiary/aromatic N) is 2. The maximum Gasteiger partial charge on any atom is 0.213 e. The number of ether oxygens (including phenoxy) is 1. The van der Waals surface area contributed by atoms with Gasteiger partial charge >= 0.3 is 0 Å². The molecule has 0 aliphatic carbocycles. The highest BCUT2D eigenvalue weighted by atomic mass is 16.5. The van der Waals surface area contributed by atoms with Crippen molar-refractivity contribution < 1.29 is 4.74 Å². The first kappa shape index (κ1) is 8.97. The first-order valence-electron chi connectivity index (χ1n) is 5.37. The van der Waals surface area contributed by atoms with E-state index in [0.29, 0.717) is 18.0 Å². The molecule has 1 aromatic heterocycles. The van der Waals surface area contributed by atoms with Crippen LogP contribution in [-0.4, -0.2) is 37.3 Å². The first-order valence-corrected chi connectivity index (χ1v) is 5.37. The Morgan fingerprint density at radius 3 is 3.00 bits per heavy atom. The third-order valence-electron chi connectivity index (χ3n) is 3.32. The van der Waals surface area contributed by atoms with E-state index >= 15 is 0 Å². The summed E-state index contributed by atoms with van der Waals surface area (Å²) in [6.45, 7) is 2.22. The van der Waals surface area contributed by atoms with Gasteiger partial charge in [0.15, 0.2) is 0 Å². The molecule has 1 aromatic rings. The molecule has 4 heteroatoms. The molecular formula is C11H15N3O. The second kappa shape index (κ2) is 3.38. The number of pyridine rings is 1. The minimum Gasteiger partial charge on any atom is -0.481 e. The van der Waals surface area contributed by atoms with E-state index in [0.717, 1.165) is 13.1 Å².